The predicted molar refractivity (Wildman–Crippen MR) is 103 cm³/mol. The molecule has 0 bridgehead atoms. The van der Waals surface area contributed by atoms with Crippen LogP contribution in [-0.4, -0.2) is 52.2 Å². The molecule has 2 unspecified atom stereocenters. The maximum Gasteiger partial charge on any atom is 0.329 e. The highest BCUT2D eigenvalue weighted by molar-refractivity contribution is 6.30. The molecule has 0 saturated carbocycles. The first kappa shape index (κ1) is 22.2. The van der Waals surface area contributed by atoms with E-state index in [0.717, 1.165) is 5.56 Å². The average Bonchev–Trinajstić information content (AvgIpc) is 2.57. The van der Waals surface area contributed by atoms with Gasteiger partial charge in [-0.15, -0.1) is 0 Å². The molecule has 1 N–H and O–H groups in total. The minimum absolute atomic E-state index is 0.0740. The third-order valence-corrected chi connectivity index (χ3v) is 4.59. The van der Waals surface area contributed by atoms with Gasteiger partial charge in [-0.3, -0.25) is 9.59 Å². The molecule has 2 rings (SSSR count). The quantitative estimate of drug-likeness (QED) is 0.722. The van der Waals surface area contributed by atoms with Crippen LogP contribution in [0.5, 0.6) is 0 Å². The molecule has 1 saturated heterocycles. The number of carboxylic acid groups (broad SMARTS) is 1. The van der Waals surface area contributed by atoms with E-state index in [1.54, 1.807) is 52.0 Å². The predicted octanol–water partition coefficient (Wildman–Crippen LogP) is 3.20. The van der Waals surface area contributed by atoms with Crippen LogP contribution in [-0.2, 0) is 23.9 Å². The van der Waals surface area contributed by atoms with Crippen molar-refractivity contribution in [2.24, 2.45) is 0 Å². The Bertz CT molecular complexity index is 727. The van der Waals surface area contributed by atoms with Crippen molar-refractivity contribution in [2.45, 2.75) is 64.3 Å². The largest absolute Gasteiger partial charge is 0.481 e. The van der Waals surface area contributed by atoms with Crippen molar-refractivity contribution in [3.63, 3.8) is 0 Å². The number of carbonyl (C=O) groups excluding carboxylic acids is 2. The zero-order chi connectivity index (χ0) is 21.1. The number of aliphatic carboxylic acids is 1. The number of ether oxygens (including phenoxy) is 2. The summed E-state index contributed by atoms with van der Waals surface area (Å²) in [7, 11) is 0. The molecule has 1 aliphatic rings. The lowest BCUT2D eigenvalue weighted by Crippen LogP contribution is -2.57. The summed E-state index contributed by atoms with van der Waals surface area (Å²) >= 11 is 5.96. The zero-order valence-corrected chi connectivity index (χ0v) is 17.2. The number of carboxylic acids is 1. The number of halogens is 1. The van der Waals surface area contributed by atoms with Gasteiger partial charge < -0.3 is 19.5 Å². The fourth-order valence-electron chi connectivity index (χ4n) is 3.14. The number of esters is 1. The first-order valence-electron chi connectivity index (χ1n) is 9.17. The van der Waals surface area contributed by atoms with Gasteiger partial charge in [-0.05, 0) is 44.9 Å². The average molecular weight is 412 g/mol. The number of amides is 1. The third-order valence-electron chi connectivity index (χ3n) is 4.34. The van der Waals surface area contributed by atoms with Crippen molar-refractivity contribution >= 4 is 29.4 Å². The van der Waals surface area contributed by atoms with Gasteiger partial charge in [-0.25, -0.2) is 4.79 Å². The van der Waals surface area contributed by atoms with E-state index in [1.165, 1.54) is 4.90 Å². The van der Waals surface area contributed by atoms with Gasteiger partial charge >= 0.3 is 11.9 Å². The normalized spacial score (nSPS) is 21.3. The van der Waals surface area contributed by atoms with Crippen LogP contribution in [0.2, 0.25) is 5.02 Å². The van der Waals surface area contributed by atoms with Gasteiger partial charge in [-0.1, -0.05) is 30.7 Å². The van der Waals surface area contributed by atoms with E-state index < -0.39 is 48.1 Å². The standard InChI is InChI=1S/C20H26ClNO6/c1-5-14(19(26)28-20(2,3)4)22-15(12-6-8-13(21)9-7-12)11-27-16(18(22)25)10-17(23)24/h6-9,14-16H,5,10-11H2,1-4H3,(H,23,24)/t14?,15?,16-/m0/s1. The molecule has 1 aromatic rings. The molecular weight excluding hydrogens is 386 g/mol. The molecule has 0 aliphatic carbocycles. The lowest BCUT2D eigenvalue weighted by molar-refractivity contribution is -0.180. The lowest BCUT2D eigenvalue weighted by atomic mass is 9.98. The van der Waals surface area contributed by atoms with E-state index in [2.05, 4.69) is 0 Å². The number of hydrogen-bond acceptors (Lipinski definition) is 5. The van der Waals surface area contributed by atoms with Gasteiger partial charge in [0.05, 0.1) is 19.1 Å². The Kier molecular flexibility index (Phi) is 7.06. The molecule has 7 nitrogen and oxygen atoms in total. The summed E-state index contributed by atoms with van der Waals surface area (Å²) in [6, 6.07) is 5.50. The topological polar surface area (TPSA) is 93.1 Å². The van der Waals surface area contributed by atoms with Crippen LogP contribution in [0.4, 0.5) is 0 Å². The first-order valence-corrected chi connectivity index (χ1v) is 9.55. The van der Waals surface area contributed by atoms with E-state index in [9.17, 15) is 14.4 Å². The lowest BCUT2D eigenvalue weighted by Gasteiger charge is -2.43. The van der Waals surface area contributed by atoms with E-state index >= 15 is 0 Å². The van der Waals surface area contributed by atoms with Crippen LogP contribution in [0.15, 0.2) is 24.3 Å². The number of morpholine rings is 1. The second kappa shape index (κ2) is 8.92. The Balaban J connectivity index is 2.40. The fraction of sp³-hybridized carbons (Fsp3) is 0.550. The fourth-order valence-corrected chi connectivity index (χ4v) is 3.27. The van der Waals surface area contributed by atoms with E-state index in [0.29, 0.717) is 11.4 Å². The number of carbonyl (C=O) groups is 3. The smallest absolute Gasteiger partial charge is 0.329 e. The number of rotatable bonds is 6. The molecule has 0 radical (unpaired) electrons. The minimum atomic E-state index is -1.14. The van der Waals surface area contributed by atoms with Gasteiger partial charge in [0.15, 0.2) is 0 Å². The second-order valence-corrected chi connectivity index (χ2v) is 8.13. The number of benzene rings is 1. The van der Waals surface area contributed by atoms with Crippen LogP contribution in [0.3, 0.4) is 0 Å². The third kappa shape index (κ3) is 5.45. The SMILES string of the molecule is CCC(C(=O)OC(C)(C)C)N1C(=O)[C@H](CC(=O)O)OCC1c1ccc(Cl)cc1. The van der Waals surface area contributed by atoms with E-state index in [-0.39, 0.29) is 6.61 Å². The molecule has 1 aromatic carbocycles. The highest BCUT2D eigenvalue weighted by Crippen LogP contribution is 2.32. The van der Waals surface area contributed by atoms with E-state index in [4.69, 9.17) is 26.2 Å². The summed E-state index contributed by atoms with van der Waals surface area (Å²) in [5.41, 5.74) is 0.0318. The summed E-state index contributed by atoms with van der Waals surface area (Å²) < 4.78 is 11.0. The molecule has 8 heteroatoms. The van der Waals surface area contributed by atoms with Gasteiger partial charge in [0.1, 0.15) is 17.7 Å². The second-order valence-electron chi connectivity index (χ2n) is 7.69. The Morgan fingerprint density at radius 1 is 1.32 bits per heavy atom. The Labute approximate surface area is 169 Å². The molecule has 1 amide bonds. The Hall–Kier alpha value is -2.12. The molecule has 0 aromatic heterocycles. The number of nitrogens with zero attached hydrogens (tertiary/aromatic N) is 1. The molecule has 3 atom stereocenters. The molecule has 1 heterocycles. The summed E-state index contributed by atoms with van der Waals surface area (Å²) in [6.45, 7) is 7.11. The summed E-state index contributed by atoms with van der Waals surface area (Å²) in [6.07, 6.45) is -1.28. The van der Waals surface area contributed by atoms with Crippen LogP contribution in [0, 0.1) is 0 Å². The summed E-state index contributed by atoms with van der Waals surface area (Å²) in [5.74, 6) is -2.21. The maximum absolute atomic E-state index is 13.1. The van der Waals surface area contributed by atoms with Gasteiger partial charge in [-0.2, -0.15) is 0 Å². The highest BCUT2D eigenvalue weighted by Gasteiger charge is 2.44. The monoisotopic (exact) mass is 411 g/mol. The van der Waals surface area contributed by atoms with Crippen molar-refractivity contribution < 1.29 is 29.0 Å². The minimum Gasteiger partial charge on any atom is -0.481 e. The summed E-state index contributed by atoms with van der Waals surface area (Å²) in [5, 5.41) is 9.63. The van der Waals surface area contributed by atoms with Crippen LogP contribution in [0.1, 0.15) is 52.1 Å². The van der Waals surface area contributed by atoms with Crippen molar-refractivity contribution in [3.05, 3.63) is 34.9 Å². The molecule has 1 aliphatic heterocycles. The molecule has 28 heavy (non-hydrogen) atoms. The highest BCUT2D eigenvalue weighted by atomic mass is 35.5. The van der Waals surface area contributed by atoms with Crippen LogP contribution >= 0.6 is 11.6 Å². The molecule has 0 spiro atoms. The van der Waals surface area contributed by atoms with Gasteiger partial charge in [0.25, 0.3) is 5.91 Å². The van der Waals surface area contributed by atoms with E-state index in [1.807, 2.05) is 0 Å². The van der Waals surface area contributed by atoms with Crippen LogP contribution in [0.25, 0.3) is 0 Å². The maximum atomic E-state index is 13.1. The van der Waals surface area contributed by atoms with Crippen molar-refractivity contribution in [1.82, 2.24) is 4.90 Å². The first-order chi connectivity index (χ1) is 13.0. The molecular formula is C20H26ClNO6. The zero-order valence-electron chi connectivity index (χ0n) is 16.5. The van der Waals surface area contributed by atoms with Crippen molar-refractivity contribution in [3.8, 4) is 0 Å². The van der Waals surface area contributed by atoms with Gasteiger partial charge in [0.2, 0.25) is 0 Å². The van der Waals surface area contributed by atoms with Crippen molar-refractivity contribution in [1.29, 1.82) is 0 Å². The molecule has 1 fully saturated rings. The van der Waals surface area contributed by atoms with Crippen molar-refractivity contribution in [2.75, 3.05) is 6.61 Å². The Morgan fingerprint density at radius 3 is 2.43 bits per heavy atom. The Morgan fingerprint density at radius 2 is 1.93 bits per heavy atom. The van der Waals surface area contributed by atoms with Gasteiger partial charge in [0, 0.05) is 5.02 Å². The molecule has 154 valence electrons. The number of hydrogen-bond donors (Lipinski definition) is 1. The summed E-state index contributed by atoms with van der Waals surface area (Å²) in [4.78, 5) is 38.4. The van der Waals surface area contributed by atoms with Crippen LogP contribution < -0.4 is 0 Å².